The van der Waals surface area contributed by atoms with E-state index < -0.39 is 0 Å². The maximum absolute atomic E-state index is 11.3. The van der Waals surface area contributed by atoms with Gasteiger partial charge in [-0.15, -0.1) is 0 Å². The predicted octanol–water partition coefficient (Wildman–Crippen LogP) is -0.757. The SMILES string of the molecule is COC(=O)C1COCCN1CCCO. The molecule has 5 heteroatoms. The Morgan fingerprint density at radius 1 is 1.71 bits per heavy atom. The van der Waals surface area contributed by atoms with Gasteiger partial charge in [-0.1, -0.05) is 0 Å². The van der Waals surface area contributed by atoms with Crippen molar-refractivity contribution in [3.05, 3.63) is 0 Å². The monoisotopic (exact) mass is 203 g/mol. The highest BCUT2D eigenvalue weighted by atomic mass is 16.5. The molecule has 0 aromatic rings. The van der Waals surface area contributed by atoms with Gasteiger partial charge in [0.2, 0.25) is 0 Å². The number of hydrogen-bond acceptors (Lipinski definition) is 5. The van der Waals surface area contributed by atoms with Crippen LogP contribution in [-0.4, -0.2) is 62.0 Å². The number of nitrogens with zero attached hydrogens (tertiary/aromatic N) is 1. The van der Waals surface area contributed by atoms with Crippen LogP contribution in [0.25, 0.3) is 0 Å². The molecule has 14 heavy (non-hydrogen) atoms. The van der Waals surface area contributed by atoms with E-state index in [4.69, 9.17) is 9.84 Å². The molecule has 0 amide bonds. The fourth-order valence-corrected chi connectivity index (χ4v) is 1.53. The minimum atomic E-state index is -0.305. The summed E-state index contributed by atoms with van der Waals surface area (Å²) in [7, 11) is 1.38. The molecular weight excluding hydrogens is 186 g/mol. The second-order valence-corrected chi connectivity index (χ2v) is 3.23. The van der Waals surface area contributed by atoms with Gasteiger partial charge in [-0.2, -0.15) is 0 Å². The van der Waals surface area contributed by atoms with Gasteiger partial charge in [0.1, 0.15) is 6.04 Å². The Balaban J connectivity index is 2.45. The smallest absolute Gasteiger partial charge is 0.325 e. The van der Waals surface area contributed by atoms with Gasteiger partial charge in [-0.05, 0) is 6.42 Å². The highest BCUT2D eigenvalue weighted by Gasteiger charge is 2.29. The van der Waals surface area contributed by atoms with Gasteiger partial charge in [0.25, 0.3) is 0 Å². The fourth-order valence-electron chi connectivity index (χ4n) is 1.53. The molecule has 1 saturated heterocycles. The summed E-state index contributed by atoms with van der Waals surface area (Å²) in [4.78, 5) is 13.3. The van der Waals surface area contributed by atoms with Gasteiger partial charge in [0.05, 0.1) is 20.3 Å². The van der Waals surface area contributed by atoms with Crippen molar-refractivity contribution >= 4 is 5.97 Å². The molecule has 0 bridgehead atoms. The number of methoxy groups -OCH3 is 1. The number of rotatable bonds is 4. The van der Waals surface area contributed by atoms with Crippen molar-refractivity contribution in [3.63, 3.8) is 0 Å². The van der Waals surface area contributed by atoms with E-state index in [0.29, 0.717) is 26.2 Å². The van der Waals surface area contributed by atoms with Crippen molar-refractivity contribution in [2.24, 2.45) is 0 Å². The summed E-state index contributed by atoms with van der Waals surface area (Å²) in [6.07, 6.45) is 0.674. The number of carbonyl (C=O) groups is 1. The summed E-state index contributed by atoms with van der Waals surface area (Å²) < 4.78 is 9.89. The number of aliphatic hydroxyl groups excluding tert-OH is 1. The molecule has 1 unspecified atom stereocenters. The molecule has 0 radical (unpaired) electrons. The molecule has 1 aliphatic heterocycles. The molecule has 1 rings (SSSR count). The largest absolute Gasteiger partial charge is 0.468 e. The molecular formula is C9H17NO4. The van der Waals surface area contributed by atoms with E-state index >= 15 is 0 Å². The number of carbonyl (C=O) groups excluding carboxylic acids is 1. The van der Waals surface area contributed by atoms with E-state index in [-0.39, 0.29) is 18.6 Å². The first-order valence-corrected chi connectivity index (χ1v) is 4.80. The van der Waals surface area contributed by atoms with Gasteiger partial charge in [-0.25, -0.2) is 0 Å². The third-order valence-corrected chi connectivity index (χ3v) is 2.32. The van der Waals surface area contributed by atoms with E-state index in [9.17, 15) is 4.79 Å². The first-order chi connectivity index (χ1) is 6.79. The third-order valence-electron chi connectivity index (χ3n) is 2.32. The van der Waals surface area contributed by atoms with E-state index in [1.165, 1.54) is 7.11 Å². The molecule has 5 nitrogen and oxygen atoms in total. The van der Waals surface area contributed by atoms with Gasteiger partial charge < -0.3 is 14.6 Å². The minimum absolute atomic E-state index is 0.144. The highest BCUT2D eigenvalue weighted by molar-refractivity contribution is 5.75. The number of esters is 1. The van der Waals surface area contributed by atoms with Crippen molar-refractivity contribution in [2.75, 3.05) is 40.0 Å². The highest BCUT2D eigenvalue weighted by Crippen LogP contribution is 2.08. The minimum Gasteiger partial charge on any atom is -0.468 e. The fraction of sp³-hybridized carbons (Fsp3) is 0.889. The summed E-state index contributed by atoms with van der Waals surface area (Å²) in [6, 6.07) is -0.305. The molecule has 0 aromatic heterocycles. The second-order valence-electron chi connectivity index (χ2n) is 3.23. The quantitative estimate of drug-likeness (QED) is 0.609. The zero-order valence-electron chi connectivity index (χ0n) is 8.44. The van der Waals surface area contributed by atoms with Crippen LogP contribution in [0.5, 0.6) is 0 Å². The normalized spacial score (nSPS) is 23.4. The average Bonchev–Trinajstić information content (AvgIpc) is 2.25. The van der Waals surface area contributed by atoms with Crippen molar-refractivity contribution in [2.45, 2.75) is 12.5 Å². The molecule has 0 saturated carbocycles. The van der Waals surface area contributed by atoms with Crippen LogP contribution in [-0.2, 0) is 14.3 Å². The Hall–Kier alpha value is -0.650. The van der Waals surface area contributed by atoms with E-state index in [2.05, 4.69) is 4.74 Å². The summed E-state index contributed by atoms with van der Waals surface area (Å²) in [5.41, 5.74) is 0. The van der Waals surface area contributed by atoms with Crippen LogP contribution >= 0.6 is 0 Å². The Morgan fingerprint density at radius 3 is 3.14 bits per heavy atom. The van der Waals surface area contributed by atoms with Gasteiger partial charge in [-0.3, -0.25) is 9.69 Å². The third kappa shape index (κ3) is 2.94. The van der Waals surface area contributed by atoms with Gasteiger partial charge >= 0.3 is 5.97 Å². The van der Waals surface area contributed by atoms with E-state index in [0.717, 1.165) is 6.54 Å². The molecule has 0 aromatic carbocycles. The second kappa shape index (κ2) is 5.95. The maximum atomic E-state index is 11.3. The standard InChI is InChI=1S/C9H17NO4/c1-13-9(12)8-7-14-6-4-10(8)3-2-5-11/h8,11H,2-7H2,1H3. The Morgan fingerprint density at radius 2 is 2.50 bits per heavy atom. The van der Waals surface area contributed by atoms with Crippen molar-refractivity contribution < 1.29 is 19.4 Å². The van der Waals surface area contributed by atoms with Crippen LogP contribution in [0.1, 0.15) is 6.42 Å². The van der Waals surface area contributed by atoms with Crippen molar-refractivity contribution in [1.29, 1.82) is 0 Å². The summed E-state index contributed by atoms with van der Waals surface area (Å²) in [6.45, 7) is 2.60. The van der Waals surface area contributed by atoms with Gasteiger partial charge in [0.15, 0.2) is 0 Å². The molecule has 0 aliphatic carbocycles. The van der Waals surface area contributed by atoms with Crippen LogP contribution < -0.4 is 0 Å². The van der Waals surface area contributed by atoms with E-state index in [1.54, 1.807) is 0 Å². The van der Waals surface area contributed by atoms with Crippen molar-refractivity contribution in [3.8, 4) is 0 Å². The molecule has 82 valence electrons. The molecule has 1 heterocycles. The van der Waals surface area contributed by atoms with Gasteiger partial charge in [0, 0.05) is 19.7 Å². The van der Waals surface area contributed by atoms with Crippen LogP contribution in [0.2, 0.25) is 0 Å². The Kier molecular flexibility index (Phi) is 4.86. The lowest BCUT2D eigenvalue weighted by Gasteiger charge is -2.33. The lowest BCUT2D eigenvalue weighted by Crippen LogP contribution is -2.50. The van der Waals surface area contributed by atoms with Crippen LogP contribution in [0.4, 0.5) is 0 Å². The summed E-state index contributed by atoms with van der Waals surface area (Å²) in [5.74, 6) is -0.261. The zero-order chi connectivity index (χ0) is 10.4. The molecule has 1 aliphatic rings. The predicted molar refractivity (Wildman–Crippen MR) is 49.9 cm³/mol. The Labute approximate surface area is 83.6 Å². The molecule has 0 spiro atoms. The molecule has 1 atom stereocenters. The Bertz CT molecular complexity index is 186. The van der Waals surface area contributed by atoms with Crippen LogP contribution in [0, 0.1) is 0 Å². The number of hydrogen-bond donors (Lipinski definition) is 1. The summed E-state index contributed by atoms with van der Waals surface area (Å²) in [5, 5.41) is 8.70. The average molecular weight is 203 g/mol. The van der Waals surface area contributed by atoms with Crippen molar-refractivity contribution in [1.82, 2.24) is 4.90 Å². The molecule has 1 fully saturated rings. The van der Waals surface area contributed by atoms with Crippen LogP contribution in [0.15, 0.2) is 0 Å². The topological polar surface area (TPSA) is 59.0 Å². The first-order valence-electron chi connectivity index (χ1n) is 4.80. The summed E-state index contributed by atoms with van der Waals surface area (Å²) >= 11 is 0. The van der Waals surface area contributed by atoms with Crippen LogP contribution in [0.3, 0.4) is 0 Å². The number of aliphatic hydroxyl groups is 1. The lowest BCUT2D eigenvalue weighted by atomic mass is 10.2. The van der Waals surface area contributed by atoms with E-state index in [1.807, 2.05) is 4.90 Å². The number of morpholine rings is 1. The zero-order valence-corrected chi connectivity index (χ0v) is 8.44. The first kappa shape index (κ1) is 11.4. The number of ether oxygens (including phenoxy) is 2. The lowest BCUT2D eigenvalue weighted by molar-refractivity contribution is -0.153. The molecule has 1 N–H and O–H groups in total. The maximum Gasteiger partial charge on any atom is 0.325 e.